The summed E-state index contributed by atoms with van der Waals surface area (Å²) < 4.78 is 11.9. The minimum atomic E-state index is -0.346. The van der Waals surface area contributed by atoms with E-state index in [1.54, 1.807) is 13.0 Å². The van der Waals surface area contributed by atoms with E-state index in [1.807, 2.05) is 42.5 Å². The van der Waals surface area contributed by atoms with Crippen LogP contribution in [0.15, 0.2) is 53.0 Å². The normalized spacial score (nSPS) is 10.7. The van der Waals surface area contributed by atoms with Crippen LogP contribution in [-0.4, -0.2) is 17.6 Å². The number of ether oxygens (including phenoxy) is 2. The Balaban J connectivity index is 1.74. The minimum absolute atomic E-state index is 0.346. The fourth-order valence-electron chi connectivity index (χ4n) is 2.27. The summed E-state index contributed by atoms with van der Waals surface area (Å²) in [6, 6.07) is 15.5. The van der Waals surface area contributed by atoms with E-state index in [2.05, 4.69) is 20.9 Å². The molecule has 0 aliphatic rings. The van der Waals surface area contributed by atoms with Gasteiger partial charge in [0.05, 0.1) is 6.61 Å². The van der Waals surface area contributed by atoms with Crippen LogP contribution in [0.5, 0.6) is 5.75 Å². The number of aromatic amines is 1. The van der Waals surface area contributed by atoms with Crippen LogP contribution in [0.4, 0.5) is 0 Å². The number of fused-ring (bicyclic) bond motifs is 1. The lowest BCUT2D eigenvalue weighted by Gasteiger charge is -2.06. The minimum Gasteiger partial charge on any atom is -0.489 e. The first-order valence-corrected chi connectivity index (χ1v) is 8.12. The highest BCUT2D eigenvalue weighted by Gasteiger charge is 2.10. The molecule has 3 aromatic rings. The number of rotatable bonds is 5. The van der Waals surface area contributed by atoms with Gasteiger partial charge >= 0.3 is 5.97 Å². The second-order valence-corrected chi connectivity index (χ2v) is 5.98. The summed E-state index contributed by atoms with van der Waals surface area (Å²) in [6.45, 7) is 2.64. The summed E-state index contributed by atoms with van der Waals surface area (Å²) in [5, 5.41) is 0.918. The molecule has 3 rings (SSSR count). The van der Waals surface area contributed by atoms with Gasteiger partial charge in [-0.3, -0.25) is 0 Å². The Kier molecular flexibility index (Phi) is 4.67. The number of carbonyl (C=O) groups excluding carboxylic acids is 1. The Morgan fingerprint density at radius 1 is 1.13 bits per heavy atom. The van der Waals surface area contributed by atoms with Gasteiger partial charge in [-0.05, 0) is 48.9 Å². The Morgan fingerprint density at radius 3 is 2.65 bits per heavy atom. The van der Waals surface area contributed by atoms with Crippen LogP contribution >= 0.6 is 15.9 Å². The Labute approximate surface area is 142 Å². The van der Waals surface area contributed by atoms with E-state index in [9.17, 15) is 4.79 Å². The molecular weight excluding hydrogens is 358 g/mol. The highest BCUT2D eigenvalue weighted by atomic mass is 79.9. The van der Waals surface area contributed by atoms with Gasteiger partial charge in [0.25, 0.3) is 0 Å². The van der Waals surface area contributed by atoms with E-state index >= 15 is 0 Å². The van der Waals surface area contributed by atoms with Crippen molar-refractivity contribution in [3.63, 3.8) is 0 Å². The number of aromatic nitrogens is 1. The molecule has 5 heteroatoms. The fourth-order valence-corrected chi connectivity index (χ4v) is 2.53. The number of benzene rings is 2. The lowest BCUT2D eigenvalue weighted by atomic mass is 10.2. The van der Waals surface area contributed by atoms with E-state index in [-0.39, 0.29) is 5.97 Å². The summed E-state index contributed by atoms with van der Waals surface area (Å²) >= 11 is 3.41. The van der Waals surface area contributed by atoms with Crippen LogP contribution in [0.25, 0.3) is 10.9 Å². The Hall–Kier alpha value is -2.27. The van der Waals surface area contributed by atoms with Crippen LogP contribution in [0, 0.1) is 0 Å². The molecule has 4 nitrogen and oxygen atoms in total. The monoisotopic (exact) mass is 373 g/mol. The summed E-state index contributed by atoms with van der Waals surface area (Å²) in [5.41, 5.74) is 2.42. The molecule has 23 heavy (non-hydrogen) atoms. The first-order valence-electron chi connectivity index (χ1n) is 7.33. The lowest BCUT2D eigenvalue weighted by molar-refractivity contribution is 0.0520. The van der Waals surface area contributed by atoms with Gasteiger partial charge in [-0.2, -0.15) is 0 Å². The molecule has 1 aromatic heterocycles. The van der Waals surface area contributed by atoms with Crippen molar-refractivity contribution in [3.8, 4) is 5.75 Å². The quantitative estimate of drug-likeness (QED) is 0.660. The molecule has 2 aromatic carbocycles. The zero-order chi connectivity index (χ0) is 16.2. The van der Waals surface area contributed by atoms with Crippen LogP contribution in [0.1, 0.15) is 23.0 Å². The van der Waals surface area contributed by atoms with Gasteiger partial charge in [-0.25, -0.2) is 4.79 Å². The second-order valence-electron chi connectivity index (χ2n) is 5.07. The molecule has 0 amide bonds. The molecule has 0 saturated carbocycles. The van der Waals surface area contributed by atoms with E-state index < -0.39 is 0 Å². The summed E-state index contributed by atoms with van der Waals surface area (Å²) in [5.74, 6) is 0.413. The maximum Gasteiger partial charge on any atom is 0.354 e. The maximum atomic E-state index is 11.7. The second kappa shape index (κ2) is 6.87. The number of hydrogen-bond acceptors (Lipinski definition) is 3. The molecule has 0 atom stereocenters. The molecule has 0 unspecified atom stereocenters. The van der Waals surface area contributed by atoms with Crippen molar-refractivity contribution in [1.29, 1.82) is 0 Å². The van der Waals surface area contributed by atoms with Crippen molar-refractivity contribution >= 4 is 32.8 Å². The SMILES string of the molecule is CCOC(=O)c1cc2cc(OCc3ccc(Br)cc3)ccc2[nH]1. The summed E-state index contributed by atoms with van der Waals surface area (Å²) in [4.78, 5) is 14.8. The van der Waals surface area contributed by atoms with Crippen molar-refractivity contribution in [1.82, 2.24) is 4.98 Å². The highest BCUT2D eigenvalue weighted by Crippen LogP contribution is 2.23. The predicted octanol–water partition coefficient (Wildman–Crippen LogP) is 4.69. The average Bonchev–Trinajstić information content (AvgIpc) is 2.98. The van der Waals surface area contributed by atoms with E-state index in [1.165, 1.54) is 0 Å². The van der Waals surface area contributed by atoms with Gasteiger partial charge in [0.2, 0.25) is 0 Å². The summed E-state index contributed by atoms with van der Waals surface area (Å²) in [7, 11) is 0. The van der Waals surface area contributed by atoms with Crippen LogP contribution in [0.3, 0.4) is 0 Å². The van der Waals surface area contributed by atoms with Crippen molar-refractivity contribution in [2.75, 3.05) is 6.61 Å². The smallest absolute Gasteiger partial charge is 0.354 e. The summed E-state index contributed by atoms with van der Waals surface area (Å²) in [6.07, 6.45) is 0. The molecule has 0 aliphatic heterocycles. The topological polar surface area (TPSA) is 51.3 Å². The van der Waals surface area contributed by atoms with Gasteiger partial charge in [-0.1, -0.05) is 28.1 Å². The van der Waals surface area contributed by atoms with Gasteiger partial charge in [0, 0.05) is 15.4 Å². The molecule has 1 N–H and O–H groups in total. The molecular formula is C18H16BrNO3. The third kappa shape index (κ3) is 3.74. The van der Waals surface area contributed by atoms with Crippen molar-refractivity contribution < 1.29 is 14.3 Å². The molecule has 0 bridgehead atoms. The van der Waals surface area contributed by atoms with Crippen LogP contribution in [0.2, 0.25) is 0 Å². The van der Waals surface area contributed by atoms with E-state index in [4.69, 9.17) is 9.47 Å². The predicted molar refractivity (Wildman–Crippen MR) is 92.7 cm³/mol. The third-order valence-electron chi connectivity index (χ3n) is 3.41. The maximum absolute atomic E-state index is 11.7. The van der Waals surface area contributed by atoms with Crippen molar-refractivity contribution in [2.45, 2.75) is 13.5 Å². The number of carbonyl (C=O) groups is 1. The Bertz CT molecular complexity index is 824. The highest BCUT2D eigenvalue weighted by molar-refractivity contribution is 9.10. The molecule has 1 heterocycles. The number of nitrogens with one attached hydrogen (secondary N) is 1. The number of hydrogen-bond donors (Lipinski definition) is 1. The first kappa shape index (κ1) is 15.6. The standard InChI is InChI=1S/C18H16BrNO3/c1-2-22-18(21)17-10-13-9-15(7-8-16(13)20-17)23-11-12-3-5-14(19)6-4-12/h3-10,20H,2,11H2,1H3. The van der Waals surface area contributed by atoms with Crippen molar-refractivity contribution in [2.24, 2.45) is 0 Å². The molecule has 118 valence electrons. The number of esters is 1. The molecule has 0 aliphatic carbocycles. The molecule has 0 fully saturated rings. The molecule has 0 radical (unpaired) electrons. The van der Waals surface area contributed by atoms with Gasteiger partial charge in [-0.15, -0.1) is 0 Å². The largest absolute Gasteiger partial charge is 0.489 e. The number of H-pyrrole nitrogens is 1. The Morgan fingerprint density at radius 2 is 1.91 bits per heavy atom. The van der Waals surface area contributed by atoms with E-state index in [0.29, 0.717) is 18.9 Å². The van der Waals surface area contributed by atoms with E-state index in [0.717, 1.165) is 26.7 Å². The van der Waals surface area contributed by atoms with Crippen molar-refractivity contribution in [3.05, 3.63) is 64.3 Å². The molecule has 0 saturated heterocycles. The zero-order valence-electron chi connectivity index (χ0n) is 12.6. The van der Waals surface area contributed by atoms with Gasteiger partial charge in [0.1, 0.15) is 18.1 Å². The van der Waals surface area contributed by atoms with Gasteiger partial charge < -0.3 is 14.5 Å². The fraction of sp³-hybridized carbons (Fsp3) is 0.167. The molecule has 0 spiro atoms. The van der Waals surface area contributed by atoms with Gasteiger partial charge in [0.15, 0.2) is 0 Å². The average molecular weight is 374 g/mol. The number of halogens is 1. The van der Waals surface area contributed by atoms with Crippen LogP contribution in [-0.2, 0) is 11.3 Å². The third-order valence-corrected chi connectivity index (χ3v) is 3.93. The first-order chi connectivity index (χ1) is 11.2. The lowest BCUT2D eigenvalue weighted by Crippen LogP contribution is -2.04. The van der Waals surface area contributed by atoms with Crippen LogP contribution < -0.4 is 4.74 Å². The zero-order valence-corrected chi connectivity index (χ0v) is 14.2.